The number of hydrogen-bond acceptors (Lipinski definition) is 5. The van der Waals surface area contributed by atoms with Gasteiger partial charge in [-0.3, -0.25) is 0 Å². The lowest BCUT2D eigenvalue weighted by atomic mass is 9.95. The summed E-state index contributed by atoms with van der Waals surface area (Å²) in [4.78, 5) is 8.98. The second-order valence-electron chi connectivity index (χ2n) is 5.39. The fraction of sp³-hybridized carbons (Fsp3) is 0.714. The van der Waals surface area contributed by atoms with Crippen molar-refractivity contribution in [3.8, 4) is 6.01 Å². The van der Waals surface area contributed by atoms with Crippen molar-refractivity contribution in [3.63, 3.8) is 0 Å². The molecule has 19 heavy (non-hydrogen) atoms. The first-order valence-corrected chi connectivity index (χ1v) is 7.28. The smallest absolute Gasteiger partial charge is 0.318 e. The number of methoxy groups -OCH3 is 1. The number of hydrogen-bond donors (Lipinski definition) is 2. The Morgan fingerprint density at radius 1 is 1.21 bits per heavy atom. The second kappa shape index (κ2) is 5.74. The summed E-state index contributed by atoms with van der Waals surface area (Å²) in [6, 6.07) is 1.04. The molecule has 0 amide bonds. The fourth-order valence-corrected chi connectivity index (χ4v) is 2.99. The summed E-state index contributed by atoms with van der Waals surface area (Å²) in [5.41, 5.74) is 2.35. The zero-order valence-corrected chi connectivity index (χ0v) is 11.5. The normalized spacial score (nSPS) is 19.8. The quantitative estimate of drug-likeness (QED) is 0.871. The molecule has 1 aliphatic carbocycles. The van der Waals surface area contributed by atoms with Crippen molar-refractivity contribution in [2.75, 3.05) is 19.0 Å². The van der Waals surface area contributed by atoms with Crippen molar-refractivity contribution in [2.45, 2.75) is 51.1 Å². The van der Waals surface area contributed by atoms with E-state index in [1.165, 1.54) is 37.7 Å². The largest absolute Gasteiger partial charge is 0.467 e. The number of ether oxygens (including phenoxy) is 1. The summed E-state index contributed by atoms with van der Waals surface area (Å²) in [6.07, 6.45) is 7.51. The van der Waals surface area contributed by atoms with Gasteiger partial charge in [0, 0.05) is 18.2 Å². The zero-order valence-electron chi connectivity index (χ0n) is 11.5. The standard InChI is InChI=1S/C14H22N4O/c1-19-14-17-12-9-15-8-7-11(12)13(18-14)16-10-5-3-2-4-6-10/h10,15H,2-9H2,1H3,(H,16,17,18). The number of aromatic nitrogens is 2. The van der Waals surface area contributed by atoms with Gasteiger partial charge < -0.3 is 15.4 Å². The van der Waals surface area contributed by atoms with Crippen LogP contribution in [0.3, 0.4) is 0 Å². The Morgan fingerprint density at radius 2 is 2.05 bits per heavy atom. The molecule has 1 aromatic rings. The van der Waals surface area contributed by atoms with Gasteiger partial charge in [0.05, 0.1) is 12.8 Å². The van der Waals surface area contributed by atoms with Crippen LogP contribution in [0.4, 0.5) is 5.82 Å². The van der Waals surface area contributed by atoms with E-state index in [1.54, 1.807) is 7.11 Å². The maximum atomic E-state index is 5.22. The number of nitrogens with one attached hydrogen (secondary N) is 2. The van der Waals surface area contributed by atoms with E-state index in [4.69, 9.17) is 4.74 Å². The van der Waals surface area contributed by atoms with Gasteiger partial charge in [-0.15, -0.1) is 0 Å². The summed E-state index contributed by atoms with van der Waals surface area (Å²) in [6.45, 7) is 1.82. The van der Waals surface area contributed by atoms with Crippen LogP contribution in [-0.4, -0.2) is 29.7 Å². The summed E-state index contributed by atoms with van der Waals surface area (Å²) >= 11 is 0. The van der Waals surface area contributed by atoms with Gasteiger partial charge in [-0.2, -0.15) is 9.97 Å². The molecule has 5 heteroatoms. The number of nitrogens with zero attached hydrogens (tertiary/aromatic N) is 2. The van der Waals surface area contributed by atoms with E-state index in [0.29, 0.717) is 12.1 Å². The van der Waals surface area contributed by atoms with Crippen molar-refractivity contribution in [1.29, 1.82) is 0 Å². The van der Waals surface area contributed by atoms with E-state index >= 15 is 0 Å². The molecule has 1 aromatic heterocycles. The van der Waals surface area contributed by atoms with Crippen LogP contribution in [0.2, 0.25) is 0 Å². The van der Waals surface area contributed by atoms with E-state index in [0.717, 1.165) is 31.0 Å². The minimum Gasteiger partial charge on any atom is -0.467 e. The Hall–Kier alpha value is -1.36. The highest BCUT2D eigenvalue weighted by Gasteiger charge is 2.21. The topological polar surface area (TPSA) is 59.1 Å². The van der Waals surface area contributed by atoms with Crippen LogP contribution < -0.4 is 15.4 Å². The second-order valence-corrected chi connectivity index (χ2v) is 5.39. The van der Waals surface area contributed by atoms with Crippen LogP contribution in [0.5, 0.6) is 6.01 Å². The fourth-order valence-electron chi connectivity index (χ4n) is 2.99. The lowest BCUT2D eigenvalue weighted by molar-refractivity contribution is 0.375. The minimum absolute atomic E-state index is 0.473. The molecule has 0 radical (unpaired) electrons. The van der Waals surface area contributed by atoms with Crippen LogP contribution in [0.15, 0.2) is 0 Å². The summed E-state index contributed by atoms with van der Waals surface area (Å²) in [5.74, 6) is 0.996. The molecule has 0 saturated heterocycles. The van der Waals surface area contributed by atoms with Crippen molar-refractivity contribution >= 4 is 5.82 Å². The van der Waals surface area contributed by atoms with E-state index in [9.17, 15) is 0 Å². The Balaban J connectivity index is 1.85. The lowest BCUT2D eigenvalue weighted by Crippen LogP contribution is -2.29. The molecule has 5 nitrogen and oxygen atoms in total. The van der Waals surface area contributed by atoms with Gasteiger partial charge in [0.2, 0.25) is 0 Å². The minimum atomic E-state index is 0.473. The summed E-state index contributed by atoms with van der Waals surface area (Å²) < 4.78 is 5.22. The average Bonchev–Trinajstić information content (AvgIpc) is 2.48. The van der Waals surface area contributed by atoms with Crippen molar-refractivity contribution in [1.82, 2.24) is 15.3 Å². The molecule has 0 bridgehead atoms. The number of rotatable bonds is 3. The molecular weight excluding hydrogens is 240 g/mol. The molecular formula is C14H22N4O. The zero-order chi connectivity index (χ0) is 13.1. The number of fused-ring (bicyclic) bond motifs is 1. The number of anilines is 1. The molecule has 0 unspecified atom stereocenters. The first-order chi connectivity index (χ1) is 9.36. The molecule has 1 aliphatic heterocycles. The monoisotopic (exact) mass is 262 g/mol. The first kappa shape index (κ1) is 12.7. The van der Waals surface area contributed by atoms with Crippen molar-refractivity contribution in [3.05, 3.63) is 11.3 Å². The van der Waals surface area contributed by atoms with Gasteiger partial charge in [-0.05, 0) is 25.8 Å². The highest BCUT2D eigenvalue weighted by atomic mass is 16.5. The predicted molar refractivity (Wildman–Crippen MR) is 74.5 cm³/mol. The van der Waals surface area contributed by atoms with Crippen LogP contribution in [0.1, 0.15) is 43.4 Å². The molecule has 0 atom stereocenters. The SMILES string of the molecule is COc1nc2c(c(NC3CCCCC3)n1)CCNC2. The molecule has 3 rings (SSSR count). The molecule has 1 fully saturated rings. The Bertz CT molecular complexity index is 443. The van der Waals surface area contributed by atoms with Crippen LogP contribution >= 0.6 is 0 Å². The van der Waals surface area contributed by atoms with Gasteiger partial charge in [0.15, 0.2) is 0 Å². The maximum Gasteiger partial charge on any atom is 0.318 e. The Morgan fingerprint density at radius 3 is 2.84 bits per heavy atom. The Kier molecular flexibility index (Phi) is 3.82. The molecule has 2 aliphatic rings. The highest BCUT2D eigenvalue weighted by molar-refractivity contribution is 5.49. The third-order valence-corrected chi connectivity index (χ3v) is 4.05. The molecule has 2 N–H and O–H groups in total. The molecule has 2 heterocycles. The van der Waals surface area contributed by atoms with Gasteiger partial charge in [0.1, 0.15) is 5.82 Å². The lowest BCUT2D eigenvalue weighted by Gasteiger charge is -2.26. The Labute approximate surface area is 114 Å². The van der Waals surface area contributed by atoms with Gasteiger partial charge in [0.25, 0.3) is 0 Å². The predicted octanol–water partition coefficient (Wildman–Crippen LogP) is 1.88. The maximum absolute atomic E-state index is 5.22. The molecule has 0 spiro atoms. The van der Waals surface area contributed by atoms with Gasteiger partial charge >= 0.3 is 6.01 Å². The van der Waals surface area contributed by atoms with Crippen molar-refractivity contribution in [2.24, 2.45) is 0 Å². The third-order valence-electron chi connectivity index (χ3n) is 4.05. The molecule has 0 aromatic carbocycles. The average molecular weight is 262 g/mol. The molecule has 1 saturated carbocycles. The summed E-state index contributed by atoms with van der Waals surface area (Å²) in [5, 5.41) is 6.97. The van der Waals surface area contributed by atoms with E-state index < -0.39 is 0 Å². The highest BCUT2D eigenvalue weighted by Crippen LogP contribution is 2.26. The van der Waals surface area contributed by atoms with E-state index in [2.05, 4.69) is 20.6 Å². The first-order valence-electron chi connectivity index (χ1n) is 7.28. The third kappa shape index (κ3) is 2.81. The van der Waals surface area contributed by atoms with E-state index in [1.807, 2.05) is 0 Å². The summed E-state index contributed by atoms with van der Waals surface area (Å²) in [7, 11) is 1.63. The van der Waals surface area contributed by atoms with Crippen LogP contribution in [-0.2, 0) is 13.0 Å². The van der Waals surface area contributed by atoms with Gasteiger partial charge in [-0.1, -0.05) is 19.3 Å². The van der Waals surface area contributed by atoms with Gasteiger partial charge in [-0.25, -0.2) is 0 Å². The molecule has 104 valence electrons. The van der Waals surface area contributed by atoms with Crippen molar-refractivity contribution < 1.29 is 4.74 Å². The van der Waals surface area contributed by atoms with Crippen LogP contribution in [0.25, 0.3) is 0 Å². The van der Waals surface area contributed by atoms with E-state index in [-0.39, 0.29) is 0 Å². The van der Waals surface area contributed by atoms with Crippen LogP contribution in [0, 0.1) is 0 Å².